The molecule has 3 aromatic rings. The molecule has 1 amide bonds. The van der Waals surface area contributed by atoms with Gasteiger partial charge in [-0.2, -0.15) is 5.10 Å². The van der Waals surface area contributed by atoms with Gasteiger partial charge in [0, 0.05) is 31.6 Å². The highest BCUT2D eigenvalue weighted by atomic mass is 16.2. The van der Waals surface area contributed by atoms with Crippen LogP contribution in [0.5, 0.6) is 0 Å². The first kappa shape index (κ1) is 18.4. The van der Waals surface area contributed by atoms with Crippen molar-refractivity contribution in [3.05, 3.63) is 66.4 Å². The fraction of sp³-hybridized carbons (Fsp3) is 0.304. The van der Waals surface area contributed by atoms with E-state index in [-0.39, 0.29) is 0 Å². The first-order valence-electron chi connectivity index (χ1n) is 9.98. The third-order valence-corrected chi connectivity index (χ3v) is 5.27. The van der Waals surface area contributed by atoms with Crippen molar-refractivity contribution in [1.82, 2.24) is 20.4 Å². The summed E-state index contributed by atoms with van der Waals surface area (Å²) in [6.45, 7) is 3.43. The van der Waals surface area contributed by atoms with Crippen LogP contribution in [0.4, 0.5) is 0 Å². The Bertz CT molecular complexity index is 902. The minimum absolute atomic E-state index is 0.302. The zero-order valence-electron chi connectivity index (χ0n) is 16.0. The molecule has 0 saturated carbocycles. The molecular weight excluding hydrogens is 348 g/mol. The molecule has 0 spiro atoms. The second-order valence-electron chi connectivity index (χ2n) is 7.23. The number of carbonyl (C=O) groups excluding carboxylic acids is 1. The van der Waals surface area contributed by atoms with Crippen LogP contribution in [0.3, 0.4) is 0 Å². The van der Waals surface area contributed by atoms with Crippen molar-refractivity contribution in [2.75, 3.05) is 19.6 Å². The van der Waals surface area contributed by atoms with E-state index in [2.05, 4.69) is 64.0 Å². The van der Waals surface area contributed by atoms with Crippen LogP contribution < -0.4 is 5.32 Å². The van der Waals surface area contributed by atoms with Gasteiger partial charge < -0.3 is 10.2 Å². The summed E-state index contributed by atoms with van der Waals surface area (Å²) in [5, 5.41) is 10.8. The van der Waals surface area contributed by atoms with Crippen LogP contribution in [0.1, 0.15) is 24.8 Å². The van der Waals surface area contributed by atoms with E-state index < -0.39 is 0 Å². The Morgan fingerprint density at radius 3 is 2.50 bits per heavy atom. The number of carbonyl (C=O) groups is 1. The lowest BCUT2D eigenvalue weighted by Crippen LogP contribution is -2.28. The molecule has 0 bridgehead atoms. The molecule has 1 aliphatic rings. The summed E-state index contributed by atoms with van der Waals surface area (Å²) in [6.07, 6.45) is 4.59. The summed E-state index contributed by atoms with van der Waals surface area (Å²) in [7, 11) is 0. The summed E-state index contributed by atoms with van der Waals surface area (Å²) < 4.78 is 0. The first-order chi connectivity index (χ1) is 13.8. The van der Waals surface area contributed by atoms with Crippen LogP contribution in [0, 0.1) is 0 Å². The highest BCUT2D eigenvalue weighted by molar-refractivity contribution is 5.78. The zero-order valence-corrected chi connectivity index (χ0v) is 16.0. The van der Waals surface area contributed by atoms with Gasteiger partial charge in [0.2, 0.25) is 5.91 Å². The van der Waals surface area contributed by atoms with Gasteiger partial charge in [0.15, 0.2) is 0 Å². The Kier molecular flexibility index (Phi) is 5.83. The normalized spacial score (nSPS) is 14.0. The molecular formula is C23H26N4O. The van der Waals surface area contributed by atoms with Crippen LogP contribution in [0.15, 0.2) is 60.8 Å². The van der Waals surface area contributed by atoms with E-state index in [0.29, 0.717) is 5.91 Å². The predicted octanol–water partition coefficient (Wildman–Crippen LogP) is 3.85. The van der Waals surface area contributed by atoms with Gasteiger partial charge in [-0.05, 0) is 36.1 Å². The Labute approximate surface area is 165 Å². The first-order valence-corrected chi connectivity index (χ1v) is 9.98. The van der Waals surface area contributed by atoms with Gasteiger partial charge in [-0.3, -0.25) is 9.89 Å². The number of nitrogens with zero attached hydrogens (tertiary/aromatic N) is 2. The highest BCUT2D eigenvalue weighted by Gasteiger charge is 2.18. The van der Waals surface area contributed by atoms with E-state index >= 15 is 0 Å². The number of nitrogens with one attached hydrogen (secondary N) is 2. The van der Waals surface area contributed by atoms with Crippen molar-refractivity contribution in [2.45, 2.75) is 25.8 Å². The number of aromatic amines is 1. The molecule has 1 fully saturated rings. The summed E-state index contributed by atoms with van der Waals surface area (Å²) in [6, 6.07) is 19.0. The SMILES string of the molecule is O=C1CCCN1CCCNCc1cn[nH]c1-c1ccc(-c2ccccc2)cc1. The van der Waals surface area contributed by atoms with Crippen molar-refractivity contribution in [2.24, 2.45) is 0 Å². The van der Waals surface area contributed by atoms with E-state index in [4.69, 9.17) is 0 Å². The maximum Gasteiger partial charge on any atom is 0.222 e. The number of hydrogen-bond acceptors (Lipinski definition) is 3. The molecule has 5 heteroatoms. The fourth-order valence-corrected chi connectivity index (χ4v) is 3.71. The quantitative estimate of drug-likeness (QED) is 0.589. The molecule has 0 atom stereocenters. The largest absolute Gasteiger partial charge is 0.343 e. The van der Waals surface area contributed by atoms with Crippen molar-refractivity contribution in [1.29, 1.82) is 0 Å². The molecule has 0 unspecified atom stereocenters. The molecule has 0 radical (unpaired) electrons. The van der Waals surface area contributed by atoms with E-state index in [1.807, 2.05) is 17.2 Å². The topological polar surface area (TPSA) is 61.0 Å². The van der Waals surface area contributed by atoms with Gasteiger partial charge in [-0.15, -0.1) is 0 Å². The van der Waals surface area contributed by atoms with Crippen LogP contribution in [-0.2, 0) is 11.3 Å². The zero-order chi connectivity index (χ0) is 19.2. The molecule has 2 heterocycles. The molecule has 2 N–H and O–H groups in total. The molecule has 28 heavy (non-hydrogen) atoms. The fourth-order valence-electron chi connectivity index (χ4n) is 3.71. The summed E-state index contributed by atoms with van der Waals surface area (Å²) in [5.74, 6) is 0.302. The van der Waals surface area contributed by atoms with E-state index in [0.717, 1.165) is 62.3 Å². The van der Waals surface area contributed by atoms with Crippen LogP contribution in [0.25, 0.3) is 22.4 Å². The highest BCUT2D eigenvalue weighted by Crippen LogP contribution is 2.25. The molecule has 0 aliphatic carbocycles. The third kappa shape index (κ3) is 4.31. The Balaban J connectivity index is 1.32. The third-order valence-electron chi connectivity index (χ3n) is 5.27. The molecule has 5 nitrogen and oxygen atoms in total. The van der Waals surface area contributed by atoms with Gasteiger partial charge in [0.25, 0.3) is 0 Å². The molecule has 4 rings (SSSR count). The van der Waals surface area contributed by atoms with E-state index in [1.54, 1.807) is 0 Å². The molecule has 1 aromatic heterocycles. The minimum Gasteiger partial charge on any atom is -0.343 e. The number of benzene rings is 2. The maximum absolute atomic E-state index is 11.6. The minimum atomic E-state index is 0.302. The molecule has 144 valence electrons. The molecule has 1 saturated heterocycles. The number of H-pyrrole nitrogens is 1. The van der Waals surface area contributed by atoms with Gasteiger partial charge >= 0.3 is 0 Å². The average molecular weight is 374 g/mol. The van der Waals surface area contributed by atoms with Crippen LogP contribution in [-0.4, -0.2) is 40.6 Å². The lowest BCUT2D eigenvalue weighted by Gasteiger charge is -2.15. The van der Waals surface area contributed by atoms with Gasteiger partial charge in [0.1, 0.15) is 0 Å². The number of aromatic nitrogens is 2. The number of rotatable bonds is 8. The molecule has 1 aliphatic heterocycles. The predicted molar refractivity (Wildman–Crippen MR) is 112 cm³/mol. The van der Waals surface area contributed by atoms with Crippen molar-refractivity contribution in [3.63, 3.8) is 0 Å². The number of likely N-dealkylation sites (tertiary alicyclic amines) is 1. The second-order valence-corrected chi connectivity index (χ2v) is 7.23. The summed E-state index contributed by atoms with van der Waals surface area (Å²) in [4.78, 5) is 13.6. The lowest BCUT2D eigenvalue weighted by atomic mass is 10.0. The maximum atomic E-state index is 11.6. The standard InChI is InChI=1S/C23H26N4O/c28-22-8-4-14-27(22)15-5-13-24-16-21-17-25-26-23(21)20-11-9-19(10-12-20)18-6-2-1-3-7-18/h1-3,6-7,9-12,17,24H,4-5,8,13-16H2,(H,25,26). The number of hydrogen-bond donors (Lipinski definition) is 2. The summed E-state index contributed by atoms with van der Waals surface area (Å²) >= 11 is 0. The molecule has 2 aromatic carbocycles. The number of amides is 1. The van der Waals surface area contributed by atoms with E-state index in [1.165, 1.54) is 11.1 Å². The average Bonchev–Trinajstić information content (AvgIpc) is 3.37. The second kappa shape index (κ2) is 8.85. The summed E-state index contributed by atoms with van der Waals surface area (Å²) in [5.41, 5.74) is 5.78. The van der Waals surface area contributed by atoms with Gasteiger partial charge in [-0.1, -0.05) is 54.6 Å². The van der Waals surface area contributed by atoms with Gasteiger partial charge in [0.05, 0.1) is 11.9 Å². The van der Waals surface area contributed by atoms with Crippen molar-refractivity contribution < 1.29 is 4.79 Å². The van der Waals surface area contributed by atoms with Crippen molar-refractivity contribution >= 4 is 5.91 Å². The van der Waals surface area contributed by atoms with Crippen LogP contribution in [0.2, 0.25) is 0 Å². The Morgan fingerprint density at radius 2 is 1.75 bits per heavy atom. The lowest BCUT2D eigenvalue weighted by molar-refractivity contribution is -0.127. The Morgan fingerprint density at radius 1 is 1.00 bits per heavy atom. The van der Waals surface area contributed by atoms with E-state index in [9.17, 15) is 4.79 Å². The van der Waals surface area contributed by atoms with Crippen molar-refractivity contribution in [3.8, 4) is 22.4 Å². The Hall–Kier alpha value is -2.92. The van der Waals surface area contributed by atoms with Crippen LogP contribution >= 0.6 is 0 Å². The monoisotopic (exact) mass is 374 g/mol. The smallest absolute Gasteiger partial charge is 0.222 e. The van der Waals surface area contributed by atoms with Gasteiger partial charge in [-0.25, -0.2) is 0 Å².